The van der Waals surface area contributed by atoms with E-state index in [1.54, 1.807) is 0 Å². The van der Waals surface area contributed by atoms with Crippen LogP contribution >= 0.6 is 0 Å². The number of hydrogen-bond donors (Lipinski definition) is 0. The molecule has 1 aliphatic rings. The third-order valence-electron chi connectivity index (χ3n) is 4.67. The second-order valence-electron chi connectivity index (χ2n) is 7.10. The van der Waals surface area contributed by atoms with Gasteiger partial charge < -0.3 is 4.90 Å². The number of hydrogen-bond acceptors (Lipinski definition) is 4. The molecular weight excluding hydrogens is 286 g/mol. The van der Waals surface area contributed by atoms with Gasteiger partial charge in [-0.05, 0) is 59.1 Å². The van der Waals surface area contributed by atoms with Crippen molar-refractivity contribution in [2.75, 3.05) is 13.1 Å². The number of aromatic nitrogens is 4. The minimum atomic E-state index is 0.321. The Kier molecular flexibility index (Phi) is 4.76. The summed E-state index contributed by atoms with van der Waals surface area (Å²) in [5.41, 5.74) is 3.03. The highest BCUT2D eigenvalue weighted by molar-refractivity contribution is 5.52. The molecule has 0 bridgehead atoms. The van der Waals surface area contributed by atoms with Crippen molar-refractivity contribution in [3.05, 3.63) is 30.4 Å². The topological polar surface area (TPSA) is 46.8 Å². The van der Waals surface area contributed by atoms with Gasteiger partial charge in [-0.3, -0.25) is 14.6 Å². The number of nitrogens with zero attached hydrogens (tertiary/aromatic N) is 5. The van der Waals surface area contributed by atoms with E-state index in [9.17, 15) is 0 Å². The highest BCUT2D eigenvalue weighted by Crippen LogP contribution is 2.23. The maximum atomic E-state index is 4.65. The maximum absolute atomic E-state index is 4.65. The molecule has 1 aliphatic heterocycles. The van der Waals surface area contributed by atoms with E-state index < -0.39 is 0 Å². The molecule has 2 aromatic rings. The van der Waals surface area contributed by atoms with Crippen LogP contribution in [0.15, 0.2) is 24.7 Å². The second-order valence-corrected chi connectivity index (χ2v) is 7.10. The first-order valence-electron chi connectivity index (χ1n) is 8.63. The molecule has 2 aromatic heterocycles. The van der Waals surface area contributed by atoms with Crippen LogP contribution in [0.25, 0.3) is 11.4 Å². The molecule has 23 heavy (non-hydrogen) atoms. The molecule has 0 aromatic carbocycles. The monoisotopic (exact) mass is 313 g/mol. The highest BCUT2D eigenvalue weighted by atomic mass is 15.3. The fourth-order valence-electron chi connectivity index (χ4n) is 3.32. The highest BCUT2D eigenvalue weighted by Gasteiger charge is 2.24. The Balaban J connectivity index is 1.67. The molecule has 0 radical (unpaired) electrons. The predicted octanol–water partition coefficient (Wildman–Crippen LogP) is 3.19. The molecule has 0 N–H and O–H groups in total. The zero-order valence-corrected chi connectivity index (χ0v) is 14.6. The van der Waals surface area contributed by atoms with Gasteiger partial charge in [-0.15, -0.1) is 0 Å². The lowest BCUT2D eigenvalue weighted by atomic mass is 10.0. The molecule has 5 heteroatoms. The van der Waals surface area contributed by atoms with Gasteiger partial charge in [0.15, 0.2) is 0 Å². The summed E-state index contributed by atoms with van der Waals surface area (Å²) in [5.74, 6) is 0.707. The van der Waals surface area contributed by atoms with Gasteiger partial charge in [0.05, 0.1) is 17.6 Å². The molecule has 0 spiro atoms. The molecule has 0 unspecified atom stereocenters. The Hall–Kier alpha value is -1.75. The minimum Gasteiger partial charge on any atom is -0.301 e. The van der Waals surface area contributed by atoms with Gasteiger partial charge >= 0.3 is 0 Å². The van der Waals surface area contributed by atoms with E-state index in [2.05, 4.69) is 47.7 Å². The summed E-state index contributed by atoms with van der Waals surface area (Å²) >= 11 is 0. The standard InChI is InChI=1S/C18H27N5/c1-13(2)22-8-6-15(12-22)9-16-10-20-17(11-19-16)18-5-7-21-23(18)14(3)4/h5,7,10-11,13-15H,6,8-9,12H2,1-4H3/t15-/m1/s1. The van der Waals surface area contributed by atoms with Crippen molar-refractivity contribution in [2.45, 2.75) is 52.6 Å². The maximum Gasteiger partial charge on any atom is 0.107 e. The molecule has 0 saturated carbocycles. The number of likely N-dealkylation sites (tertiary alicyclic amines) is 1. The molecule has 1 fully saturated rings. The summed E-state index contributed by atoms with van der Waals surface area (Å²) in [5, 5.41) is 4.37. The van der Waals surface area contributed by atoms with Crippen molar-refractivity contribution in [1.82, 2.24) is 24.6 Å². The molecule has 3 rings (SSSR count). The van der Waals surface area contributed by atoms with Crippen molar-refractivity contribution in [1.29, 1.82) is 0 Å². The van der Waals surface area contributed by atoms with Crippen LogP contribution in [0.4, 0.5) is 0 Å². The first-order valence-corrected chi connectivity index (χ1v) is 8.63. The average Bonchev–Trinajstić information content (AvgIpc) is 3.17. The van der Waals surface area contributed by atoms with Crippen molar-refractivity contribution in [3.63, 3.8) is 0 Å². The fourth-order valence-corrected chi connectivity index (χ4v) is 3.32. The van der Waals surface area contributed by atoms with E-state index in [0.717, 1.165) is 23.5 Å². The smallest absolute Gasteiger partial charge is 0.107 e. The van der Waals surface area contributed by atoms with Crippen molar-refractivity contribution < 1.29 is 0 Å². The van der Waals surface area contributed by atoms with Crippen molar-refractivity contribution in [3.8, 4) is 11.4 Å². The van der Waals surface area contributed by atoms with E-state index in [4.69, 9.17) is 0 Å². The van der Waals surface area contributed by atoms with E-state index in [1.165, 1.54) is 19.5 Å². The van der Waals surface area contributed by atoms with Gasteiger partial charge in [0.2, 0.25) is 0 Å². The molecule has 1 atom stereocenters. The summed E-state index contributed by atoms with van der Waals surface area (Å²) in [6, 6.07) is 2.97. The number of rotatable bonds is 5. The van der Waals surface area contributed by atoms with Gasteiger partial charge in [0.25, 0.3) is 0 Å². The normalized spacial score (nSPS) is 19.1. The first kappa shape index (κ1) is 16.1. The van der Waals surface area contributed by atoms with E-state index in [0.29, 0.717) is 18.0 Å². The molecular formula is C18H27N5. The minimum absolute atomic E-state index is 0.321. The Morgan fingerprint density at radius 1 is 1.13 bits per heavy atom. The zero-order chi connectivity index (χ0) is 16.4. The van der Waals surface area contributed by atoms with E-state index in [1.807, 2.05) is 29.3 Å². The lowest BCUT2D eigenvalue weighted by molar-refractivity contribution is 0.264. The van der Waals surface area contributed by atoms with Crippen LogP contribution < -0.4 is 0 Å². The van der Waals surface area contributed by atoms with Crippen LogP contribution in [-0.4, -0.2) is 43.8 Å². The molecule has 1 saturated heterocycles. The molecule has 0 amide bonds. The van der Waals surface area contributed by atoms with Crippen LogP contribution in [0.3, 0.4) is 0 Å². The molecule has 124 valence electrons. The zero-order valence-electron chi connectivity index (χ0n) is 14.6. The van der Waals surface area contributed by atoms with Crippen molar-refractivity contribution >= 4 is 0 Å². The van der Waals surface area contributed by atoms with Crippen molar-refractivity contribution in [2.24, 2.45) is 5.92 Å². The van der Waals surface area contributed by atoms with E-state index >= 15 is 0 Å². The third-order valence-corrected chi connectivity index (χ3v) is 4.67. The Morgan fingerprint density at radius 3 is 2.57 bits per heavy atom. The molecule has 3 heterocycles. The summed E-state index contributed by atoms with van der Waals surface area (Å²) in [7, 11) is 0. The predicted molar refractivity (Wildman–Crippen MR) is 92.2 cm³/mol. The Morgan fingerprint density at radius 2 is 1.96 bits per heavy atom. The van der Waals surface area contributed by atoms with Gasteiger partial charge in [0.1, 0.15) is 5.69 Å². The van der Waals surface area contributed by atoms with Crippen LogP contribution in [0.5, 0.6) is 0 Å². The summed E-state index contributed by atoms with van der Waals surface area (Å²) in [4.78, 5) is 11.8. The summed E-state index contributed by atoms with van der Waals surface area (Å²) in [6.07, 6.45) is 7.94. The lowest BCUT2D eigenvalue weighted by Gasteiger charge is -2.20. The van der Waals surface area contributed by atoms with Gasteiger partial charge in [-0.2, -0.15) is 5.10 Å². The van der Waals surface area contributed by atoms with Crippen LogP contribution in [0.1, 0.15) is 45.9 Å². The average molecular weight is 313 g/mol. The Bertz CT molecular complexity index is 629. The first-order chi connectivity index (χ1) is 11.0. The largest absolute Gasteiger partial charge is 0.301 e. The SMILES string of the molecule is CC(C)N1CC[C@H](Cc2cnc(-c3ccnn3C(C)C)cn2)C1. The lowest BCUT2D eigenvalue weighted by Crippen LogP contribution is -2.28. The van der Waals surface area contributed by atoms with Crippen LogP contribution in [-0.2, 0) is 6.42 Å². The van der Waals surface area contributed by atoms with Crippen LogP contribution in [0, 0.1) is 5.92 Å². The van der Waals surface area contributed by atoms with Crippen LogP contribution in [0.2, 0.25) is 0 Å². The summed E-state index contributed by atoms with van der Waals surface area (Å²) in [6.45, 7) is 11.2. The van der Waals surface area contributed by atoms with Gasteiger partial charge in [-0.1, -0.05) is 0 Å². The molecule has 5 nitrogen and oxygen atoms in total. The van der Waals surface area contributed by atoms with Gasteiger partial charge in [0, 0.05) is 31.0 Å². The summed E-state index contributed by atoms with van der Waals surface area (Å²) < 4.78 is 1.99. The second kappa shape index (κ2) is 6.79. The quantitative estimate of drug-likeness (QED) is 0.850. The van der Waals surface area contributed by atoms with Gasteiger partial charge in [-0.25, -0.2) is 0 Å². The third kappa shape index (κ3) is 3.61. The van der Waals surface area contributed by atoms with E-state index in [-0.39, 0.29) is 0 Å². The molecule has 0 aliphatic carbocycles. The fraction of sp³-hybridized carbons (Fsp3) is 0.611. The Labute approximate surface area is 138 Å².